The second-order valence-electron chi connectivity index (χ2n) is 5.18. The predicted octanol–water partition coefficient (Wildman–Crippen LogP) is 3.09. The Kier molecular flexibility index (Phi) is 6.22. The van der Waals surface area contributed by atoms with Gasteiger partial charge in [-0.2, -0.15) is 0 Å². The van der Waals surface area contributed by atoms with Crippen molar-refractivity contribution in [3.8, 4) is 0 Å². The normalized spacial score (nSPS) is 12.1. The Morgan fingerprint density at radius 2 is 1.80 bits per heavy atom. The fourth-order valence-electron chi connectivity index (χ4n) is 2.09. The Balaban J connectivity index is 2.57. The maximum Gasteiger partial charge on any atom is 0.408 e. The Morgan fingerprint density at radius 1 is 1.20 bits per heavy atom. The van der Waals surface area contributed by atoms with Gasteiger partial charge in [0.05, 0.1) is 6.04 Å². The molecule has 0 aliphatic heterocycles. The lowest BCUT2D eigenvalue weighted by Gasteiger charge is -2.19. The summed E-state index contributed by atoms with van der Waals surface area (Å²) < 4.78 is 5.20. The Hall–Kier alpha value is -1.84. The summed E-state index contributed by atoms with van der Waals surface area (Å²) in [6.07, 6.45) is 0.341. The van der Waals surface area contributed by atoms with Gasteiger partial charge in [-0.05, 0) is 30.4 Å². The molecule has 0 radical (unpaired) electrons. The van der Waals surface area contributed by atoms with Crippen LogP contribution in [0.5, 0.6) is 0 Å². The monoisotopic (exact) mass is 277 g/mol. The fraction of sp³-hybridized carbons (Fsp3) is 0.500. The van der Waals surface area contributed by atoms with Crippen LogP contribution in [0.2, 0.25) is 0 Å². The van der Waals surface area contributed by atoms with E-state index in [2.05, 4.69) is 12.2 Å². The van der Waals surface area contributed by atoms with E-state index >= 15 is 0 Å². The van der Waals surface area contributed by atoms with Crippen LogP contribution in [0.1, 0.15) is 38.8 Å². The SMILES string of the molecule is CCc1ccccc1COC(=O)N[C@H](C(C)=O)C(C)C. The molecule has 0 fully saturated rings. The molecule has 0 saturated carbocycles. The molecule has 0 spiro atoms. The minimum absolute atomic E-state index is 0.0444. The first kappa shape index (κ1) is 16.2. The van der Waals surface area contributed by atoms with Crippen molar-refractivity contribution >= 4 is 11.9 Å². The summed E-state index contributed by atoms with van der Waals surface area (Å²) in [6.45, 7) is 7.52. The third-order valence-corrected chi connectivity index (χ3v) is 3.24. The number of amides is 1. The minimum Gasteiger partial charge on any atom is -0.445 e. The lowest BCUT2D eigenvalue weighted by atomic mass is 10.0. The van der Waals surface area contributed by atoms with Gasteiger partial charge in [0, 0.05) is 0 Å². The van der Waals surface area contributed by atoms with E-state index in [4.69, 9.17) is 4.74 Å². The van der Waals surface area contributed by atoms with Crippen molar-refractivity contribution in [2.75, 3.05) is 0 Å². The van der Waals surface area contributed by atoms with Crippen LogP contribution in [-0.4, -0.2) is 17.9 Å². The van der Waals surface area contributed by atoms with Crippen molar-refractivity contribution in [1.29, 1.82) is 0 Å². The van der Waals surface area contributed by atoms with E-state index in [-0.39, 0.29) is 18.3 Å². The number of hydrogen-bond donors (Lipinski definition) is 1. The second kappa shape index (κ2) is 7.68. The molecule has 0 bridgehead atoms. The Morgan fingerprint density at radius 3 is 2.30 bits per heavy atom. The van der Waals surface area contributed by atoms with Crippen LogP contribution in [0, 0.1) is 5.92 Å². The van der Waals surface area contributed by atoms with Gasteiger partial charge < -0.3 is 10.1 Å². The highest BCUT2D eigenvalue weighted by Gasteiger charge is 2.21. The first-order valence-corrected chi connectivity index (χ1v) is 6.96. The molecule has 0 unspecified atom stereocenters. The molecule has 4 heteroatoms. The number of ketones is 1. The van der Waals surface area contributed by atoms with Gasteiger partial charge in [-0.3, -0.25) is 4.79 Å². The minimum atomic E-state index is -0.551. The molecule has 0 heterocycles. The van der Waals surface area contributed by atoms with E-state index in [1.165, 1.54) is 6.92 Å². The van der Waals surface area contributed by atoms with E-state index in [1.54, 1.807) is 0 Å². The number of alkyl carbamates (subject to hydrolysis) is 1. The summed E-state index contributed by atoms with van der Waals surface area (Å²) in [7, 11) is 0. The van der Waals surface area contributed by atoms with Gasteiger partial charge >= 0.3 is 6.09 Å². The van der Waals surface area contributed by atoms with Crippen LogP contribution in [0.15, 0.2) is 24.3 Å². The van der Waals surface area contributed by atoms with E-state index in [9.17, 15) is 9.59 Å². The zero-order valence-corrected chi connectivity index (χ0v) is 12.6. The third kappa shape index (κ3) is 4.68. The Bertz CT molecular complexity index is 469. The molecule has 20 heavy (non-hydrogen) atoms. The number of Topliss-reactive ketones (excluding diaryl/α,β-unsaturated/α-hetero) is 1. The molecular formula is C16H23NO3. The quantitative estimate of drug-likeness (QED) is 0.869. The van der Waals surface area contributed by atoms with Crippen LogP contribution >= 0.6 is 0 Å². The van der Waals surface area contributed by atoms with Crippen molar-refractivity contribution in [1.82, 2.24) is 5.32 Å². The van der Waals surface area contributed by atoms with Crippen LogP contribution in [0.4, 0.5) is 4.79 Å². The molecule has 0 aliphatic rings. The van der Waals surface area contributed by atoms with E-state index in [1.807, 2.05) is 38.1 Å². The van der Waals surface area contributed by atoms with E-state index in [0.717, 1.165) is 17.5 Å². The highest BCUT2D eigenvalue weighted by Crippen LogP contribution is 2.11. The number of nitrogens with one attached hydrogen (secondary N) is 1. The lowest BCUT2D eigenvalue weighted by molar-refractivity contribution is -0.119. The molecule has 1 aromatic rings. The summed E-state index contributed by atoms with van der Waals surface area (Å²) in [5.41, 5.74) is 2.15. The number of rotatable bonds is 6. The van der Waals surface area contributed by atoms with Gasteiger partial charge in [0.2, 0.25) is 0 Å². The van der Waals surface area contributed by atoms with Crippen molar-refractivity contribution in [3.63, 3.8) is 0 Å². The number of carbonyl (C=O) groups is 2. The molecule has 1 atom stereocenters. The topological polar surface area (TPSA) is 55.4 Å². The van der Waals surface area contributed by atoms with Gasteiger partial charge in [-0.25, -0.2) is 4.79 Å². The van der Waals surface area contributed by atoms with Crippen molar-refractivity contribution < 1.29 is 14.3 Å². The summed E-state index contributed by atoms with van der Waals surface area (Å²) in [5, 5.41) is 2.61. The van der Waals surface area contributed by atoms with Gasteiger partial charge in [0.25, 0.3) is 0 Å². The average Bonchev–Trinajstić information content (AvgIpc) is 2.42. The molecule has 4 nitrogen and oxygen atoms in total. The van der Waals surface area contributed by atoms with Crippen LogP contribution in [0.3, 0.4) is 0 Å². The lowest BCUT2D eigenvalue weighted by Crippen LogP contribution is -2.43. The van der Waals surface area contributed by atoms with Crippen LogP contribution in [-0.2, 0) is 22.6 Å². The number of carbonyl (C=O) groups excluding carboxylic acids is 2. The van der Waals surface area contributed by atoms with Gasteiger partial charge in [-0.1, -0.05) is 45.0 Å². The molecule has 110 valence electrons. The summed E-state index contributed by atoms with van der Waals surface area (Å²) in [6, 6.07) is 7.35. The molecule has 1 amide bonds. The molecule has 0 saturated heterocycles. The van der Waals surface area contributed by atoms with Crippen molar-refractivity contribution in [2.45, 2.75) is 46.8 Å². The first-order chi connectivity index (χ1) is 9.45. The fourth-order valence-corrected chi connectivity index (χ4v) is 2.09. The average molecular weight is 277 g/mol. The molecular weight excluding hydrogens is 254 g/mol. The summed E-state index contributed by atoms with van der Waals surface area (Å²) >= 11 is 0. The predicted molar refractivity (Wildman–Crippen MR) is 78.4 cm³/mol. The number of benzene rings is 1. The number of hydrogen-bond acceptors (Lipinski definition) is 3. The van der Waals surface area contributed by atoms with Gasteiger partial charge in [0.1, 0.15) is 6.61 Å². The smallest absolute Gasteiger partial charge is 0.408 e. The second-order valence-corrected chi connectivity index (χ2v) is 5.18. The van der Waals surface area contributed by atoms with Crippen LogP contribution < -0.4 is 5.32 Å². The number of aryl methyl sites for hydroxylation is 1. The highest BCUT2D eigenvalue weighted by molar-refractivity contribution is 5.85. The standard InChI is InChI=1S/C16H23NO3/c1-5-13-8-6-7-9-14(13)10-20-16(19)17-15(11(2)3)12(4)18/h6-9,11,15H,5,10H2,1-4H3,(H,17,19)/t15-/m0/s1. The zero-order chi connectivity index (χ0) is 15.1. The first-order valence-electron chi connectivity index (χ1n) is 6.96. The molecule has 1 rings (SSSR count). The maximum atomic E-state index is 11.7. The maximum absolute atomic E-state index is 11.7. The zero-order valence-electron chi connectivity index (χ0n) is 12.6. The Labute approximate surface area is 120 Å². The summed E-state index contributed by atoms with van der Waals surface area (Å²) in [5.74, 6) is -0.0195. The molecule has 0 aromatic heterocycles. The highest BCUT2D eigenvalue weighted by atomic mass is 16.5. The largest absolute Gasteiger partial charge is 0.445 e. The molecule has 1 N–H and O–H groups in total. The molecule has 0 aliphatic carbocycles. The van der Waals surface area contributed by atoms with Gasteiger partial charge in [0.15, 0.2) is 5.78 Å². The number of ether oxygens (including phenoxy) is 1. The van der Waals surface area contributed by atoms with E-state index < -0.39 is 12.1 Å². The van der Waals surface area contributed by atoms with Crippen LogP contribution in [0.25, 0.3) is 0 Å². The third-order valence-electron chi connectivity index (χ3n) is 3.24. The van der Waals surface area contributed by atoms with Gasteiger partial charge in [-0.15, -0.1) is 0 Å². The summed E-state index contributed by atoms with van der Waals surface area (Å²) in [4.78, 5) is 23.2. The van der Waals surface area contributed by atoms with Crippen molar-refractivity contribution in [3.05, 3.63) is 35.4 Å². The van der Waals surface area contributed by atoms with E-state index in [0.29, 0.717) is 0 Å². The van der Waals surface area contributed by atoms with Crippen molar-refractivity contribution in [2.24, 2.45) is 5.92 Å². The molecule has 1 aromatic carbocycles.